The predicted octanol–water partition coefficient (Wildman–Crippen LogP) is 4.32. The minimum Gasteiger partial charge on any atom is -0.491 e. The molecule has 160 valence electrons. The molecule has 0 aliphatic heterocycles. The van der Waals surface area contributed by atoms with Crippen LogP contribution in [-0.2, 0) is 6.18 Å². The fraction of sp³-hybridized carbons (Fsp3) is 0.400. The molecule has 0 aliphatic rings. The van der Waals surface area contributed by atoms with Gasteiger partial charge < -0.3 is 14.2 Å². The van der Waals surface area contributed by atoms with Crippen LogP contribution in [0.3, 0.4) is 0 Å². The first kappa shape index (κ1) is 21.7. The zero-order valence-electron chi connectivity index (χ0n) is 16.7. The maximum absolute atomic E-state index is 12.9. The van der Waals surface area contributed by atoms with Gasteiger partial charge in [-0.1, -0.05) is 25.1 Å². The summed E-state index contributed by atoms with van der Waals surface area (Å²) in [6, 6.07) is 6.84. The van der Waals surface area contributed by atoms with Crippen LogP contribution in [0.2, 0.25) is 0 Å². The maximum atomic E-state index is 12.9. The number of halogens is 3. The number of ether oxygens (including phenoxy) is 1. The normalized spacial score (nSPS) is 11.8. The number of aromatic nitrogens is 4. The zero-order valence-corrected chi connectivity index (χ0v) is 16.7. The Morgan fingerprint density at radius 2 is 1.90 bits per heavy atom. The number of hydrogen-bond acceptors (Lipinski definition) is 7. The van der Waals surface area contributed by atoms with Crippen LogP contribution in [0, 0.1) is 0 Å². The fourth-order valence-electron chi connectivity index (χ4n) is 2.85. The highest BCUT2D eigenvalue weighted by Crippen LogP contribution is 2.34. The van der Waals surface area contributed by atoms with Gasteiger partial charge in [-0.25, -0.2) is 0 Å². The number of alkyl halides is 3. The van der Waals surface area contributed by atoms with E-state index in [9.17, 15) is 13.2 Å². The summed E-state index contributed by atoms with van der Waals surface area (Å²) >= 11 is 0. The fourth-order valence-corrected chi connectivity index (χ4v) is 2.85. The molecule has 0 radical (unpaired) electrons. The van der Waals surface area contributed by atoms with Crippen molar-refractivity contribution in [2.45, 2.75) is 26.4 Å². The molecule has 0 amide bonds. The first-order valence-corrected chi connectivity index (χ1v) is 9.60. The number of rotatable bonds is 9. The summed E-state index contributed by atoms with van der Waals surface area (Å²) in [5.74, 6) is -1.36. The second-order valence-corrected chi connectivity index (χ2v) is 6.43. The van der Waals surface area contributed by atoms with Crippen molar-refractivity contribution in [1.82, 2.24) is 25.0 Å². The van der Waals surface area contributed by atoms with E-state index in [0.29, 0.717) is 18.0 Å². The Hall–Kier alpha value is -3.01. The van der Waals surface area contributed by atoms with Crippen LogP contribution >= 0.6 is 0 Å². The van der Waals surface area contributed by atoms with Gasteiger partial charge in [-0.2, -0.15) is 18.2 Å². The Labute approximate surface area is 171 Å². The third kappa shape index (κ3) is 5.32. The minimum atomic E-state index is -4.73. The second kappa shape index (κ2) is 9.66. The molecule has 3 aromatic rings. The molecule has 3 heterocycles. The van der Waals surface area contributed by atoms with Gasteiger partial charge in [0.1, 0.15) is 5.75 Å². The molecule has 0 N–H and O–H groups in total. The van der Waals surface area contributed by atoms with Crippen LogP contribution in [0.1, 0.15) is 26.2 Å². The van der Waals surface area contributed by atoms with E-state index in [1.165, 1.54) is 6.20 Å². The molecule has 0 unspecified atom stereocenters. The molecule has 0 saturated heterocycles. The first-order valence-electron chi connectivity index (χ1n) is 9.60. The summed E-state index contributed by atoms with van der Waals surface area (Å²) in [5.41, 5.74) is 1.28. The molecule has 0 bridgehead atoms. The summed E-state index contributed by atoms with van der Waals surface area (Å²) in [6.07, 6.45) is -0.930. The average molecular weight is 421 g/mol. The summed E-state index contributed by atoms with van der Waals surface area (Å²) in [6.45, 7) is 7.25. The van der Waals surface area contributed by atoms with Gasteiger partial charge in [0.2, 0.25) is 5.82 Å². The Bertz CT molecular complexity index is 943. The Balaban J connectivity index is 1.87. The van der Waals surface area contributed by atoms with Crippen LogP contribution in [-0.4, -0.2) is 51.2 Å². The summed E-state index contributed by atoms with van der Waals surface area (Å²) in [4.78, 5) is 14.3. The largest absolute Gasteiger partial charge is 0.491 e. The third-order valence-electron chi connectivity index (χ3n) is 4.47. The molecule has 3 rings (SSSR count). The molecule has 0 spiro atoms. The third-order valence-corrected chi connectivity index (χ3v) is 4.47. The van der Waals surface area contributed by atoms with Crippen molar-refractivity contribution >= 4 is 0 Å². The minimum absolute atomic E-state index is 0.222. The number of pyridine rings is 2. The van der Waals surface area contributed by atoms with Gasteiger partial charge in [0.15, 0.2) is 0 Å². The van der Waals surface area contributed by atoms with Gasteiger partial charge in [-0.05, 0) is 37.7 Å². The molecule has 0 saturated carbocycles. The van der Waals surface area contributed by atoms with E-state index in [1.807, 2.05) is 0 Å². The van der Waals surface area contributed by atoms with Crippen molar-refractivity contribution in [3.8, 4) is 28.5 Å². The van der Waals surface area contributed by atoms with Gasteiger partial charge >= 0.3 is 12.1 Å². The molecule has 0 aromatic carbocycles. The molecule has 0 fully saturated rings. The first-order chi connectivity index (χ1) is 14.4. The van der Waals surface area contributed by atoms with Crippen molar-refractivity contribution in [3.63, 3.8) is 0 Å². The van der Waals surface area contributed by atoms with E-state index in [1.54, 1.807) is 30.5 Å². The van der Waals surface area contributed by atoms with Gasteiger partial charge in [-0.15, -0.1) is 0 Å². The maximum Gasteiger partial charge on any atom is 0.471 e. The smallest absolute Gasteiger partial charge is 0.471 e. The monoisotopic (exact) mass is 421 g/mol. The van der Waals surface area contributed by atoms with Crippen molar-refractivity contribution in [1.29, 1.82) is 0 Å². The Morgan fingerprint density at radius 1 is 1.10 bits per heavy atom. The lowest BCUT2D eigenvalue weighted by atomic mass is 10.1. The predicted molar refractivity (Wildman–Crippen MR) is 104 cm³/mol. The standard InChI is InChI=1S/C20H22F3N5O2/c1-3-28(4-2)10-7-11-29-17-13-25-16(15-8-5-6-9-24-15)12-14(17)18-26-19(30-27-18)20(21,22)23/h5-6,8-9,12-13H,3-4,7,10-11H2,1-2H3. The van der Waals surface area contributed by atoms with E-state index < -0.39 is 12.1 Å². The van der Waals surface area contributed by atoms with Gasteiger partial charge in [0.05, 0.1) is 29.8 Å². The van der Waals surface area contributed by atoms with Gasteiger partial charge in [0, 0.05) is 12.7 Å². The molecule has 3 aromatic heterocycles. The van der Waals surface area contributed by atoms with Crippen LogP contribution in [0.4, 0.5) is 13.2 Å². The van der Waals surface area contributed by atoms with E-state index in [2.05, 4.69) is 43.4 Å². The van der Waals surface area contributed by atoms with E-state index in [-0.39, 0.29) is 17.1 Å². The highest BCUT2D eigenvalue weighted by Gasteiger charge is 2.38. The van der Waals surface area contributed by atoms with Gasteiger partial charge in [-0.3, -0.25) is 9.97 Å². The topological polar surface area (TPSA) is 77.2 Å². The quantitative estimate of drug-likeness (QED) is 0.476. The highest BCUT2D eigenvalue weighted by molar-refractivity contribution is 5.69. The molecular weight excluding hydrogens is 399 g/mol. The van der Waals surface area contributed by atoms with E-state index in [0.717, 1.165) is 26.1 Å². The lowest BCUT2D eigenvalue weighted by Gasteiger charge is -2.18. The lowest BCUT2D eigenvalue weighted by molar-refractivity contribution is -0.159. The van der Waals surface area contributed by atoms with Crippen LogP contribution < -0.4 is 4.74 Å². The summed E-state index contributed by atoms with van der Waals surface area (Å²) in [5, 5.41) is 3.49. The second-order valence-electron chi connectivity index (χ2n) is 6.43. The molecule has 30 heavy (non-hydrogen) atoms. The molecule has 10 heteroatoms. The Morgan fingerprint density at radius 3 is 2.53 bits per heavy atom. The van der Waals surface area contributed by atoms with Crippen LogP contribution in [0.5, 0.6) is 5.75 Å². The lowest BCUT2D eigenvalue weighted by Crippen LogP contribution is -2.25. The van der Waals surface area contributed by atoms with Crippen molar-refractivity contribution in [3.05, 3.63) is 42.5 Å². The summed E-state index contributed by atoms with van der Waals surface area (Å²) in [7, 11) is 0. The molecule has 0 aliphatic carbocycles. The number of hydrogen-bond donors (Lipinski definition) is 0. The summed E-state index contributed by atoms with van der Waals surface area (Å²) < 4.78 is 48.9. The van der Waals surface area contributed by atoms with Crippen molar-refractivity contribution in [2.24, 2.45) is 0 Å². The number of nitrogens with zero attached hydrogens (tertiary/aromatic N) is 5. The van der Waals surface area contributed by atoms with Crippen LogP contribution in [0.25, 0.3) is 22.8 Å². The molecule has 7 nitrogen and oxygen atoms in total. The SMILES string of the molecule is CCN(CC)CCCOc1cnc(-c2ccccn2)cc1-c1noc(C(F)(F)F)n1. The highest BCUT2D eigenvalue weighted by atomic mass is 19.4. The van der Waals surface area contributed by atoms with E-state index >= 15 is 0 Å². The van der Waals surface area contributed by atoms with Gasteiger partial charge in [0.25, 0.3) is 0 Å². The molecular formula is C20H22F3N5O2. The molecule has 0 atom stereocenters. The van der Waals surface area contributed by atoms with Crippen molar-refractivity contribution < 1.29 is 22.4 Å². The van der Waals surface area contributed by atoms with Crippen molar-refractivity contribution in [2.75, 3.05) is 26.2 Å². The Kier molecular flexibility index (Phi) is 6.99. The van der Waals surface area contributed by atoms with E-state index in [4.69, 9.17) is 4.74 Å². The zero-order chi connectivity index (χ0) is 21.6. The average Bonchev–Trinajstić information content (AvgIpc) is 3.25. The van der Waals surface area contributed by atoms with Crippen LogP contribution in [0.15, 0.2) is 41.2 Å².